The van der Waals surface area contributed by atoms with Crippen molar-refractivity contribution in [1.29, 1.82) is 0 Å². The molecule has 4 rings (SSSR count). The Hall–Kier alpha value is -4.16. The second-order valence-corrected chi connectivity index (χ2v) is 10.7. The van der Waals surface area contributed by atoms with Crippen molar-refractivity contribution in [3.63, 3.8) is 0 Å². The van der Waals surface area contributed by atoms with Gasteiger partial charge in [-0.2, -0.15) is 0 Å². The average Bonchev–Trinajstić information content (AvgIpc) is 3.38. The van der Waals surface area contributed by atoms with E-state index in [2.05, 4.69) is 26.2 Å². The number of anilines is 1. The quantitative estimate of drug-likeness (QED) is 0.116. The minimum Gasteiger partial charge on any atom is -0.480 e. The van der Waals surface area contributed by atoms with E-state index in [9.17, 15) is 29.1 Å². The molecule has 2 unspecified atom stereocenters. The van der Waals surface area contributed by atoms with E-state index in [4.69, 9.17) is 16.6 Å². The number of hydrogen-bond donors (Lipinski definition) is 6. The maximum absolute atomic E-state index is 13.0. The molecule has 1 aromatic heterocycles. The van der Waals surface area contributed by atoms with Crippen molar-refractivity contribution in [2.24, 2.45) is 11.5 Å². The van der Waals surface area contributed by atoms with Crippen LogP contribution >= 0.6 is 23.5 Å². The van der Waals surface area contributed by atoms with E-state index in [1.165, 1.54) is 16.4 Å². The number of primary amides is 1. The van der Waals surface area contributed by atoms with Crippen LogP contribution in [0.3, 0.4) is 0 Å². The minimum atomic E-state index is -1.28. The number of thioether (sulfide) groups is 2. The summed E-state index contributed by atoms with van der Waals surface area (Å²) in [4.78, 5) is 60.8. The lowest BCUT2D eigenvalue weighted by Gasteiger charge is -2.49. The van der Waals surface area contributed by atoms with Gasteiger partial charge >= 0.3 is 11.9 Å². The number of aromatic nitrogens is 4. The maximum Gasteiger partial charge on any atom is 0.352 e. The summed E-state index contributed by atoms with van der Waals surface area (Å²) in [6.45, 7) is -0.0968. The third-order valence-corrected chi connectivity index (χ3v) is 8.37. The molecule has 18 heteroatoms. The molecule has 3 heterocycles. The summed E-state index contributed by atoms with van der Waals surface area (Å²) in [6, 6.07) is 4.24. The number of hydrogen-bond acceptors (Lipinski definition) is 12. The Labute approximate surface area is 234 Å². The van der Waals surface area contributed by atoms with Crippen LogP contribution in [0.1, 0.15) is 18.0 Å². The number of amides is 3. The number of aliphatic carboxylic acids is 2. The van der Waals surface area contributed by atoms with Crippen molar-refractivity contribution in [1.82, 2.24) is 30.4 Å². The molecule has 2 aromatic rings. The van der Waals surface area contributed by atoms with Gasteiger partial charge < -0.3 is 32.3 Å². The van der Waals surface area contributed by atoms with Gasteiger partial charge in [0.05, 0.1) is 6.54 Å². The summed E-state index contributed by atoms with van der Waals surface area (Å²) in [5.74, 6) is -3.53. The highest BCUT2D eigenvalue weighted by atomic mass is 32.2. The molecule has 1 saturated heterocycles. The Morgan fingerprint density at radius 2 is 1.93 bits per heavy atom. The first-order valence-electron chi connectivity index (χ1n) is 11.8. The number of nitrogens with two attached hydrogens (primary N) is 2. The van der Waals surface area contributed by atoms with Crippen LogP contribution in [0, 0.1) is 0 Å². The number of benzene rings is 1. The van der Waals surface area contributed by atoms with E-state index >= 15 is 0 Å². The Morgan fingerprint density at radius 1 is 1.20 bits per heavy atom. The number of aryl methyl sites for hydroxylation is 1. The smallest absolute Gasteiger partial charge is 0.352 e. The summed E-state index contributed by atoms with van der Waals surface area (Å²) in [5, 5.41) is 35.0. The van der Waals surface area contributed by atoms with Gasteiger partial charge in [0.2, 0.25) is 17.0 Å². The second-order valence-electron chi connectivity index (χ2n) is 8.69. The number of carboxylic acid groups (broad SMARTS) is 2. The SMILES string of the molecule is NC(=O)CCn1nnnc1SCC1=C(C(=O)O)N2C(=O)C(NC(=O)C(N)c3ccc(NCC(=O)O)cc3)[C@H]2SC1. The molecule has 0 bridgehead atoms. The largest absolute Gasteiger partial charge is 0.480 e. The minimum absolute atomic E-state index is 0.0353. The zero-order valence-electron chi connectivity index (χ0n) is 20.7. The van der Waals surface area contributed by atoms with Gasteiger partial charge in [-0.1, -0.05) is 23.9 Å². The fourth-order valence-electron chi connectivity index (χ4n) is 3.98. The molecule has 3 atom stereocenters. The zero-order chi connectivity index (χ0) is 29.0. The Bertz CT molecular complexity index is 1360. The van der Waals surface area contributed by atoms with Crippen molar-refractivity contribution in [3.05, 3.63) is 41.1 Å². The number of fused-ring (bicyclic) bond motifs is 1. The van der Waals surface area contributed by atoms with E-state index in [0.717, 1.165) is 16.7 Å². The molecular weight excluding hydrogens is 566 g/mol. The van der Waals surface area contributed by atoms with Crippen molar-refractivity contribution in [2.75, 3.05) is 23.4 Å². The molecule has 0 spiro atoms. The van der Waals surface area contributed by atoms with E-state index in [1.54, 1.807) is 24.3 Å². The first-order valence-corrected chi connectivity index (χ1v) is 13.8. The van der Waals surface area contributed by atoms with Gasteiger partial charge in [-0.3, -0.25) is 24.1 Å². The Kier molecular flexibility index (Phi) is 8.90. The Balaban J connectivity index is 1.38. The highest BCUT2D eigenvalue weighted by molar-refractivity contribution is 8.01. The van der Waals surface area contributed by atoms with Gasteiger partial charge in [0.15, 0.2) is 0 Å². The molecule has 8 N–H and O–H groups in total. The van der Waals surface area contributed by atoms with Gasteiger partial charge in [-0.25, -0.2) is 9.48 Å². The molecule has 0 saturated carbocycles. The number of β-lactam (4-membered cyclic amide) rings is 1. The molecule has 212 valence electrons. The first kappa shape index (κ1) is 28.8. The van der Waals surface area contributed by atoms with E-state index in [0.29, 0.717) is 22.0 Å². The second kappa shape index (κ2) is 12.3. The van der Waals surface area contributed by atoms with Crippen LogP contribution in [0.2, 0.25) is 0 Å². The predicted octanol–water partition coefficient (Wildman–Crippen LogP) is -1.42. The monoisotopic (exact) mass is 591 g/mol. The topological polar surface area (TPSA) is 249 Å². The highest BCUT2D eigenvalue weighted by Crippen LogP contribution is 2.41. The molecule has 2 aliphatic heterocycles. The molecule has 1 fully saturated rings. The van der Waals surface area contributed by atoms with Crippen LogP contribution in [-0.2, 0) is 30.5 Å². The van der Waals surface area contributed by atoms with E-state index < -0.39 is 47.1 Å². The van der Waals surface area contributed by atoms with Crippen LogP contribution < -0.4 is 22.1 Å². The summed E-state index contributed by atoms with van der Waals surface area (Å²) in [6.07, 6.45) is 0.0353. The fourth-order valence-corrected chi connectivity index (χ4v) is 6.37. The van der Waals surface area contributed by atoms with Crippen LogP contribution in [0.15, 0.2) is 40.7 Å². The highest BCUT2D eigenvalue weighted by Gasteiger charge is 2.54. The molecule has 1 aromatic carbocycles. The molecule has 0 radical (unpaired) electrons. The number of nitrogens with zero attached hydrogens (tertiary/aromatic N) is 5. The number of tetrazole rings is 1. The predicted molar refractivity (Wildman–Crippen MR) is 142 cm³/mol. The van der Waals surface area contributed by atoms with Crippen molar-refractivity contribution >= 4 is 58.9 Å². The lowest BCUT2D eigenvalue weighted by molar-refractivity contribution is -0.150. The number of carboxylic acids is 2. The summed E-state index contributed by atoms with van der Waals surface area (Å²) in [5.41, 5.74) is 12.5. The molecule has 16 nitrogen and oxygen atoms in total. The maximum atomic E-state index is 13.0. The number of nitrogens with one attached hydrogen (secondary N) is 2. The van der Waals surface area contributed by atoms with Crippen LogP contribution in [0.5, 0.6) is 0 Å². The average molecular weight is 592 g/mol. The van der Waals surface area contributed by atoms with Gasteiger partial charge in [0.25, 0.3) is 5.91 Å². The summed E-state index contributed by atoms with van der Waals surface area (Å²) in [7, 11) is 0. The van der Waals surface area contributed by atoms with Crippen LogP contribution in [0.4, 0.5) is 5.69 Å². The van der Waals surface area contributed by atoms with Crippen LogP contribution in [0.25, 0.3) is 0 Å². The van der Waals surface area contributed by atoms with Gasteiger partial charge in [0, 0.05) is 23.6 Å². The first-order chi connectivity index (χ1) is 19.1. The van der Waals surface area contributed by atoms with Gasteiger partial charge in [0.1, 0.15) is 29.7 Å². The number of carbonyl (C=O) groups is 5. The van der Waals surface area contributed by atoms with E-state index in [1.807, 2.05) is 0 Å². The standard InChI is InChI=1S/C22H25N9O7S2/c23-13(32)5-6-30-22(27-28-29-30)40-9-11-8-39-20-16(19(36)31(20)17(11)21(37)38)26-18(35)15(24)10-1-3-12(4-2-10)25-7-14(33)34/h1-4,15-16,20,25H,5-9,24H2,(H2,23,32)(H,26,35)(H,33,34)(H,37,38)/t15?,16?,20-/m1/s1. The lowest BCUT2D eigenvalue weighted by Crippen LogP contribution is -2.71. The summed E-state index contributed by atoms with van der Waals surface area (Å²) < 4.78 is 1.39. The molecule has 40 heavy (non-hydrogen) atoms. The number of carbonyl (C=O) groups excluding carboxylic acids is 3. The summed E-state index contributed by atoms with van der Waals surface area (Å²) >= 11 is 2.47. The molecule has 0 aliphatic carbocycles. The van der Waals surface area contributed by atoms with Crippen molar-refractivity contribution in [3.8, 4) is 0 Å². The zero-order valence-corrected chi connectivity index (χ0v) is 22.4. The van der Waals surface area contributed by atoms with Crippen molar-refractivity contribution in [2.45, 2.75) is 35.6 Å². The van der Waals surface area contributed by atoms with E-state index in [-0.39, 0.29) is 36.7 Å². The fraction of sp³-hybridized carbons (Fsp3) is 0.364. The number of rotatable bonds is 13. The lowest BCUT2D eigenvalue weighted by atomic mass is 10.0. The Morgan fingerprint density at radius 3 is 2.58 bits per heavy atom. The molecular formula is C22H25N9O7S2. The molecule has 3 amide bonds. The third-order valence-electron chi connectivity index (χ3n) is 5.99. The van der Waals surface area contributed by atoms with Crippen molar-refractivity contribution < 1.29 is 34.2 Å². The van der Waals surface area contributed by atoms with Gasteiger partial charge in [-0.15, -0.1) is 16.9 Å². The third kappa shape index (κ3) is 6.35. The van der Waals surface area contributed by atoms with Gasteiger partial charge in [-0.05, 0) is 33.7 Å². The molecule has 2 aliphatic rings. The normalized spacial score (nSPS) is 18.9. The van der Waals surface area contributed by atoms with Crippen LogP contribution in [-0.4, -0.2) is 94.4 Å².